The second-order valence-corrected chi connectivity index (χ2v) is 4.73. The number of alkyl halides is 1. The molecule has 2 aromatic rings. The second kappa shape index (κ2) is 6.39. The molecule has 2 aromatic carbocycles. The second-order valence-electron chi connectivity index (χ2n) is 4.46. The van der Waals surface area contributed by atoms with Gasteiger partial charge in [-0.3, -0.25) is 10.1 Å². The van der Waals surface area contributed by atoms with Gasteiger partial charge in [0.15, 0.2) is 0 Å². The van der Waals surface area contributed by atoms with Crippen LogP contribution in [0.4, 0.5) is 5.69 Å². The standard InChI is InChI=1S/C15H14ClNO3/c1-11-5-6-15(13(7-11)9-16)20-10-12-3-2-4-14(8-12)17(18)19/h2-8H,9-10H2,1H3. The maximum absolute atomic E-state index is 10.7. The van der Waals surface area contributed by atoms with Gasteiger partial charge < -0.3 is 4.74 Å². The van der Waals surface area contributed by atoms with E-state index in [0.717, 1.165) is 16.7 Å². The Hall–Kier alpha value is -2.07. The Morgan fingerprint density at radius 2 is 2.05 bits per heavy atom. The molecule has 0 saturated carbocycles. The number of ether oxygens (including phenoxy) is 1. The average Bonchev–Trinajstić information content (AvgIpc) is 2.46. The van der Waals surface area contributed by atoms with Crippen molar-refractivity contribution in [3.05, 3.63) is 69.3 Å². The predicted molar refractivity (Wildman–Crippen MR) is 78.2 cm³/mol. The molecule has 0 fully saturated rings. The molecule has 0 aromatic heterocycles. The van der Waals surface area contributed by atoms with Crippen molar-refractivity contribution in [1.82, 2.24) is 0 Å². The molecule has 104 valence electrons. The molecule has 0 spiro atoms. The van der Waals surface area contributed by atoms with Gasteiger partial charge in [-0.25, -0.2) is 0 Å². The molecule has 0 bridgehead atoms. The highest BCUT2D eigenvalue weighted by atomic mass is 35.5. The highest BCUT2D eigenvalue weighted by molar-refractivity contribution is 6.17. The van der Waals surface area contributed by atoms with Crippen LogP contribution in [0.15, 0.2) is 42.5 Å². The third kappa shape index (κ3) is 3.48. The summed E-state index contributed by atoms with van der Waals surface area (Å²) in [5.74, 6) is 1.07. The fourth-order valence-electron chi connectivity index (χ4n) is 1.87. The summed E-state index contributed by atoms with van der Waals surface area (Å²) in [4.78, 5) is 10.3. The highest BCUT2D eigenvalue weighted by Crippen LogP contribution is 2.23. The zero-order valence-electron chi connectivity index (χ0n) is 11.0. The molecular weight excluding hydrogens is 278 g/mol. The average molecular weight is 292 g/mol. The van der Waals surface area contributed by atoms with Crippen molar-refractivity contribution in [3.8, 4) is 5.75 Å². The minimum atomic E-state index is -0.417. The van der Waals surface area contributed by atoms with Crippen molar-refractivity contribution in [1.29, 1.82) is 0 Å². The molecule has 0 unspecified atom stereocenters. The quantitative estimate of drug-likeness (QED) is 0.471. The van der Waals surface area contributed by atoms with Crippen molar-refractivity contribution < 1.29 is 9.66 Å². The lowest BCUT2D eigenvalue weighted by molar-refractivity contribution is -0.384. The zero-order chi connectivity index (χ0) is 14.5. The first-order valence-electron chi connectivity index (χ1n) is 6.12. The van der Waals surface area contributed by atoms with Gasteiger partial charge in [-0.2, -0.15) is 0 Å². The zero-order valence-corrected chi connectivity index (χ0v) is 11.8. The monoisotopic (exact) mass is 291 g/mol. The van der Waals surface area contributed by atoms with Crippen LogP contribution in [0.5, 0.6) is 5.75 Å². The molecule has 0 amide bonds. The van der Waals surface area contributed by atoms with Crippen molar-refractivity contribution in [2.75, 3.05) is 0 Å². The summed E-state index contributed by atoms with van der Waals surface area (Å²) in [7, 11) is 0. The minimum absolute atomic E-state index is 0.0626. The van der Waals surface area contributed by atoms with Crippen LogP contribution < -0.4 is 4.74 Å². The van der Waals surface area contributed by atoms with E-state index in [9.17, 15) is 10.1 Å². The van der Waals surface area contributed by atoms with Crippen LogP contribution in [-0.2, 0) is 12.5 Å². The van der Waals surface area contributed by atoms with Crippen LogP contribution in [0.3, 0.4) is 0 Å². The van der Waals surface area contributed by atoms with Crippen LogP contribution in [0, 0.1) is 17.0 Å². The molecular formula is C15H14ClNO3. The van der Waals surface area contributed by atoms with Gasteiger partial charge in [0.2, 0.25) is 0 Å². The van der Waals surface area contributed by atoms with Crippen LogP contribution >= 0.6 is 11.6 Å². The van der Waals surface area contributed by atoms with Crippen molar-refractivity contribution in [3.63, 3.8) is 0 Å². The molecule has 4 nitrogen and oxygen atoms in total. The topological polar surface area (TPSA) is 52.4 Å². The molecule has 0 radical (unpaired) electrons. The molecule has 0 aliphatic rings. The van der Waals surface area contributed by atoms with Crippen LogP contribution in [0.1, 0.15) is 16.7 Å². The summed E-state index contributed by atoms with van der Waals surface area (Å²) < 4.78 is 5.70. The van der Waals surface area contributed by atoms with Gasteiger partial charge >= 0.3 is 0 Å². The molecule has 0 aliphatic carbocycles. The maximum atomic E-state index is 10.7. The summed E-state index contributed by atoms with van der Waals surface area (Å²) in [6.45, 7) is 2.26. The Kier molecular flexibility index (Phi) is 4.58. The van der Waals surface area contributed by atoms with E-state index in [4.69, 9.17) is 16.3 Å². The molecule has 0 aliphatic heterocycles. The summed E-state index contributed by atoms with van der Waals surface area (Å²) in [5.41, 5.74) is 2.84. The molecule has 2 rings (SSSR count). The number of rotatable bonds is 5. The predicted octanol–water partition coefficient (Wildman–Crippen LogP) is 4.22. The van der Waals surface area contributed by atoms with E-state index < -0.39 is 4.92 Å². The number of nitrogens with zero attached hydrogens (tertiary/aromatic N) is 1. The number of benzene rings is 2. The van der Waals surface area contributed by atoms with Gasteiger partial charge in [0.1, 0.15) is 12.4 Å². The fourth-order valence-corrected chi connectivity index (χ4v) is 2.08. The summed E-state index contributed by atoms with van der Waals surface area (Å²) >= 11 is 5.88. The number of hydrogen-bond donors (Lipinski definition) is 0. The lowest BCUT2D eigenvalue weighted by atomic mass is 10.1. The van der Waals surface area contributed by atoms with E-state index in [-0.39, 0.29) is 12.3 Å². The van der Waals surface area contributed by atoms with Gasteiger partial charge in [0.05, 0.1) is 10.8 Å². The number of halogens is 1. The number of hydrogen-bond acceptors (Lipinski definition) is 3. The highest BCUT2D eigenvalue weighted by Gasteiger charge is 2.07. The first-order chi connectivity index (χ1) is 9.60. The number of nitro groups is 1. The van der Waals surface area contributed by atoms with Gasteiger partial charge in [-0.05, 0) is 18.6 Å². The van der Waals surface area contributed by atoms with E-state index in [1.807, 2.05) is 25.1 Å². The van der Waals surface area contributed by atoms with Crippen molar-refractivity contribution >= 4 is 17.3 Å². The smallest absolute Gasteiger partial charge is 0.269 e. The molecule has 20 heavy (non-hydrogen) atoms. The number of nitro benzene ring substituents is 1. The van der Waals surface area contributed by atoms with E-state index in [1.54, 1.807) is 12.1 Å². The summed E-state index contributed by atoms with van der Waals surface area (Å²) in [6, 6.07) is 12.2. The maximum Gasteiger partial charge on any atom is 0.269 e. The van der Waals surface area contributed by atoms with E-state index in [2.05, 4.69) is 0 Å². The molecule has 5 heteroatoms. The normalized spacial score (nSPS) is 10.3. The largest absolute Gasteiger partial charge is 0.489 e. The van der Waals surface area contributed by atoms with Gasteiger partial charge in [0, 0.05) is 17.7 Å². The lowest BCUT2D eigenvalue weighted by Crippen LogP contribution is -1.99. The fraction of sp³-hybridized carbons (Fsp3) is 0.200. The Morgan fingerprint density at radius 1 is 1.25 bits per heavy atom. The Labute approximate surface area is 122 Å². The van der Waals surface area contributed by atoms with E-state index in [0.29, 0.717) is 11.6 Å². The van der Waals surface area contributed by atoms with Crippen molar-refractivity contribution in [2.45, 2.75) is 19.4 Å². The lowest BCUT2D eigenvalue weighted by Gasteiger charge is -2.10. The van der Waals surface area contributed by atoms with E-state index >= 15 is 0 Å². The Balaban J connectivity index is 2.12. The first-order valence-corrected chi connectivity index (χ1v) is 6.65. The minimum Gasteiger partial charge on any atom is -0.489 e. The molecule has 0 heterocycles. The van der Waals surface area contributed by atoms with Gasteiger partial charge in [-0.1, -0.05) is 29.8 Å². The third-order valence-electron chi connectivity index (χ3n) is 2.88. The first kappa shape index (κ1) is 14.3. The van der Waals surface area contributed by atoms with E-state index in [1.165, 1.54) is 12.1 Å². The molecule has 0 atom stereocenters. The SMILES string of the molecule is Cc1ccc(OCc2cccc([N+](=O)[O-])c2)c(CCl)c1. The Morgan fingerprint density at radius 3 is 2.75 bits per heavy atom. The van der Waals surface area contributed by atoms with Crippen LogP contribution in [0.25, 0.3) is 0 Å². The number of aryl methyl sites for hydroxylation is 1. The van der Waals surface area contributed by atoms with Crippen molar-refractivity contribution in [2.24, 2.45) is 0 Å². The van der Waals surface area contributed by atoms with Gasteiger partial charge in [0.25, 0.3) is 5.69 Å². The van der Waals surface area contributed by atoms with Crippen LogP contribution in [0.2, 0.25) is 0 Å². The molecule has 0 N–H and O–H groups in total. The van der Waals surface area contributed by atoms with Gasteiger partial charge in [-0.15, -0.1) is 11.6 Å². The number of non-ortho nitro benzene ring substituents is 1. The summed E-state index contributed by atoms with van der Waals surface area (Å²) in [6.07, 6.45) is 0. The van der Waals surface area contributed by atoms with Crippen LogP contribution in [-0.4, -0.2) is 4.92 Å². The summed E-state index contributed by atoms with van der Waals surface area (Å²) in [5, 5.41) is 10.7. The third-order valence-corrected chi connectivity index (χ3v) is 3.16. The molecule has 0 saturated heterocycles. The Bertz CT molecular complexity index is 628.